The molecule has 1 fully saturated rings. The average molecular weight is 329 g/mol. The van der Waals surface area contributed by atoms with Crippen molar-refractivity contribution in [1.82, 2.24) is 29.5 Å². The van der Waals surface area contributed by atoms with Gasteiger partial charge < -0.3 is 15.1 Å². The van der Waals surface area contributed by atoms with Crippen LogP contribution in [-0.2, 0) is 0 Å². The number of amides is 2. The molecular formula is C16H23N7O. The number of anilines is 1. The molecule has 1 aliphatic heterocycles. The van der Waals surface area contributed by atoms with Crippen molar-refractivity contribution in [3.05, 3.63) is 30.9 Å². The van der Waals surface area contributed by atoms with E-state index in [1.54, 1.807) is 35.5 Å². The fourth-order valence-corrected chi connectivity index (χ4v) is 2.88. The molecule has 2 aromatic rings. The molecule has 1 saturated heterocycles. The number of likely N-dealkylation sites (N-methyl/N-ethyl adjacent to an activating group) is 1. The Labute approximate surface area is 141 Å². The van der Waals surface area contributed by atoms with E-state index in [1.807, 2.05) is 4.90 Å². The van der Waals surface area contributed by atoms with Crippen molar-refractivity contribution < 1.29 is 4.79 Å². The summed E-state index contributed by atoms with van der Waals surface area (Å²) in [4.78, 5) is 25.1. The number of urea groups is 1. The standard InChI is InChI=1S/C16H23N7O/c1-12(2)14-11-21(3)7-8-22(14)16(24)20-13-9-19-23(10-13)15-17-5-4-6-18-15/h4-6,9-10,12,14H,7-8,11H2,1-3H3,(H,20,24). The first-order valence-corrected chi connectivity index (χ1v) is 8.13. The van der Waals surface area contributed by atoms with Gasteiger partial charge in [0.2, 0.25) is 5.95 Å². The van der Waals surface area contributed by atoms with Crippen molar-refractivity contribution in [3.63, 3.8) is 0 Å². The molecule has 0 aromatic carbocycles. The van der Waals surface area contributed by atoms with Crippen LogP contribution < -0.4 is 5.32 Å². The zero-order chi connectivity index (χ0) is 17.1. The van der Waals surface area contributed by atoms with Crippen molar-refractivity contribution >= 4 is 11.7 Å². The van der Waals surface area contributed by atoms with E-state index in [1.165, 1.54) is 0 Å². The lowest BCUT2D eigenvalue weighted by Crippen LogP contribution is -2.57. The molecule has 1 unspecified atom stereocenters. The quantitative estimate of drug-likeness (QED) is 0.922. The van der Waals surface area contributed by atoms with Gasteiger partial charge in [-0.25, -0.2) is 19.4 Å². The van der Waals surface area contributed by atoms with E-state index >= 15 is 0 Å². The number of nitrogens with zero attached hydrogens (tertiary/aromatic N) is 6. The molecule has 0 bridgehead atoms. The van der Waals surface area contributed by atoms with Crippen molar-refractivity contribution in [2.24, 2.45) is 5.92 Å². The monoisotopic (exact) mass is 329 g/mol. The van der Waals surface area contributed by atoms with Gasteiger partial charge in [0.25, 0.3) is 0 Å². The third-order valence-electron chi connectivity index (χ3n) is 4.24. The van der Waals surface area contributed by atoms with Crippen LogP contribution in [0.15, 0.2) is 30.9 Å². The Kier molecular flexibility index (Phi) is 4.75. The number of nitrogens with one attached hydrogen (secondary N) is 1. The topological polar surface area (TPSA) is 79.2 Å². The van der Waals surface area contributed by atoms with E-state index in [0.717, 1.165) is 19.6 Å². The van der Waals surface area contributed by atoms with Crippen LogP contribution in [0, 0.1) is 5.92 Å². The molecule has 24 heavy (non-hydrogen) atoms. The van der Waals surface area contributed by atoms with E-state index in [0.29, 0.717) is 17.6 Å². The Balaban J connectivity index is 1.69. The molecule has 3 rings (SSSR count). The molecule has 1 N–H and O–H groups in total. The summed E-state index contributed by atoms with van der Waals surface area (Å²) in [5.74, 6) is 0.872. The molecule has 3 heterocycles. The SMILES string of the molecule is CC(C)C1CN(C)CCN1C(=O)Nc1cnn(-c2ncccn2)c1. The number of hydrogen-bond acceptors (Lipinski definition) is 5. The molecule has 128 valence electrons. The number of aromatic nitrogens is 4. The maximum absolute atomic E-state index is 12.7. The number of piperazine rings is 1. The molecule has 8 heteroatoms. The molecule has 1 aliphatic rings. The van der Waals surface area contributed by atoms with Crippen molar-refractivity contribution in [3.8, 4) is 5.95 Å². The van der Waals surface area contributed by atoms with Gasteiger partial charge in [-0.2, -0.15) is 5.10 Å². The molecule has 0 saturated carbocycles. The Morgan fingerprint density at radius 3 is 2.75 bits per heavy atom. The van der Waals surface area contributed by atoms with Gasteiger partial charge in [-0.3, -0.25) is 0 Å². The smallest absolute Gasteiger partial charge is 0.319 e. The lowest BCUT2D eigenvalue weighted by Gasteiger charge is -2.41. The highest BCUT2D eigenvalue weighted by molar-refractivity contribution is 5.89. The molecular weight excluding hydrogens is 306 g/mol. The average Bonchev–Trinajstić information content (AvgIpc) is 3.04. The molecule has 0 aliphatic carbocycles. The van der Waals surface area contributed by atoms with Crippen LogP contribution in [0.5, 0.6) is 0 Å². The number of hydrogen-bond donors (Lipinski definition) is 1. The normalized spacial score (nSPS) is 18.8. The highest BCUT2D eigenvalue weighted by Crippen LogP contribution is 2.18. The molecule has 2 aromatic heterocycles. The summed E-state index contributed by atoms with van der Waals surface area (Å²) in [6, 6.07) is 1.86. The zero-order valence-corrected chi connectivity index (χ0v) is 14.3. The second-order valence-electron chi connectivity index (χ2n) is 6.42. The van der Waals surface area contributed by atoms with Crippen LogP contribution >= 0.6 is 0 Å². The fourth-order valence-electron chi connectivity index (χ4n) is 2.88. The minimum Gasteiger partial charge on any atom is -0.319 e. The summed E-state index contributed by atoms with van der Waals surface area (Å²) in [6.07, 6.45) is 6.63. The third-order valence-corrected chi connectivity index (χ3v) is 4.24. The Morgan fingerprint density at radius 1 is 1.29 bits per heavy atom. The van der Waals surface area contributed by atoms with E-state index in [2.05, 4.69) is 46.2 Å². The molecule has 0 spiro atoms. The van der Waals surface area contributed by atoms with Crippen molar-refractivity contribution in [1.29, 1.82) is 0 Å². The summed E-state index contributed by atoms with van der Waals surface area (Å²) >= 11 is 0. The van der Waals surface area contributed by atoms with Crippen LogP contribution in [0.4, 0.5) is 10.5 Å². The highest BCUT2D eigenvalue weighted by Gasteiger charge is 2.31. The van der Waals surface area contributed by atoms with Gasteiger partial charge in [-0.15, -0.1) is 0 Å². The van der Waals surface area contributed by atoms with Gasteiger partial charge in [0.15, 0.2) is 0 Å². The predicted molar refractivity (Wildman–Crippen MR) is 91.0 cm³/mol. The maximum Gasteiger partial charge on any atom is 0.322 e. The second kappa shape index (κ2) is 6.96. The molecule has 8 nitrogen and oxygen atoms in total. The van der Waals surface area contributed by atoms with Gasteiger partial charge in [-0.1, -0.05) is 13.8 Å². The maximum atomic E-state index is 12.7. The van der Waals surface area contributed by atoms with Gasteiger partial charge >= 0.3 is 6.03 Å². The summed E-state index contributed by atoms with van der Waals surface area (Å²) in [5, 5.41) is 7.13. The van der Waals surface area contributed by atoms with Crippen molar-refractivity contribution in [2.75, 3.05) is 32.0 Å². The Morgan fingerprint density at radius 2 is 2.04 bits per heavy atom. The molecule has 2 amide bonds. The zero-order valence-electron chi connectivity index (χ0n) is 14.3. The van der Waals surface area contributed by atoms with Gasteiger partial charge in [0.1, 0.15) is 0 Å². The van der Waals surface area contributed by atoms with Gasteiger partial charge in [0.05, 0.1) is 18.1 Å². The van der Waals surface area contributed by atoms with E-state index < -0.39 is 0 Å². The van der Waals surface area contributed by atoms with Crippen LogP contribution in [0.1, 0.15) is 13.8 Å². The van der Waals surface area contributed by atoms with E-state index in [-0.39, 0.29) is 12.1 Å². The van der Waals surface area contributed by atoms with Gasteiger partial charge in [-0.05, 0) is 19.0 Å². The summed E-state index contributed by atoms with van der Waals surface area (Å²) in [5.41, 5.74) is 0.633. The third kappa shape index (κ3) is 3.53. The summed E-state index contributed by atoms with van der Waals surface area (Å²) in [7, 11) is 2.09. The number of carbonyl (C=O) groups excluding carboxylic acids is 1. The van der Waals surface area contributed by atoms with E-state index in [9.17, 15) is 4.79 Å². The summed E-state index contributed by atoms with van der Waals surface area (Å²) < 4.78 is 1.54. The number of rotatable bonds is 3. The van der Waals surface area contributed by atoms with Crippen LogP contribution in [0.3, 0.4) is 0 Å². The van der Waals surface area contributed by atoms with Crippen molar-refractivity contribution in [2.45, 2.75) is 19.9 Å². The van der Waals surface area contributed by atoms with Gasteiger partial charge in [0, 0.05) is 38.1 Å². The molecule has 0 radical (unpaired) electrons. The fraction of sp³-hybridized carbons (Fsp3) is 0.500. The lowest BCUT2D eigenvalue weighted by molar-refractivity contribution is 0.0922. The first-order valence-electron chi connectivity index (χ1n) is 8.13. The first-order chi connectivity index (χ1) is 11.5. The largest absolute Gasteiger partial charge is 0.322 e. The lowest BCUT2D eigenvalue weighted by atomic mass is 10.0. The summed E-state index contributed by atoms with van der Waals surface area (Å²) in [6.45, 7) is 6.79. The van der Waals surface area contributed by atoms with E-state index in [4.69, 9.17) is 0 Å². The Hall–Kier alpha value is -2.48. The predicted octanol–water partition coefficient (Wildman–Crippen LogP) is 1.47. The second-order valence-corrected chi connectivity index (χ2v) is 6.42. The van der Waals surface area contributed by atoms with Crippen LogP contribution in [0.25, 0.3) is 5.95 Å². The highest BCUT2D eigenvalue weighted by atomic mass is 16.2. The first kappa shape index (κ1) is 16.4. The minimum atomic E-state index is -0.0877. The Bertz CT molecular complexity index is 685. The van der Waals surface area contributed by atoms with Crippen LogP contribution in [-0.4, -0.2) is 68.3 Å². The molecule has 1 atom stereocenters. The van der Waals surface area contributed by atoms with Crippen LogP contribution in [0.2, 0.25) is 0 Å². The minimum absolute atomic E-state index is 0.0877. The number of carbonyl (C=O) groups is 1.